The molecule has 0 radical (unpaired) electrons. The van der Waals surface area contributed by atoms with E-state index in [1.165, 1.54) is 18.6 Å². The number of nitrogens with one attached hydrogen (secondary N) is 2. The third-order valence-corrected chi connectivity index (χ3v) is 5.89. The first-order valence-electron chi connectivity index (χ1n) is 7.47. The molecule has 1 aliphatic rings. The van der Waals surface area contributed by atoms with Gasteiger partial charge < -0.3 is 5.32 Å². The molecule has 7 heteroatoms. The van der Waals surface area contributed by atoms with Gasteiger partial charge in [0.05, 0.1) is 10.9 Å². The van der Waals surface area contributed by atoms with Gasteiger partial charge in [-0.2, -0.15) is 4.72 Å². The van der Waals surface area contributed by atoms with Gasteiger partial charge in [0.2, 0.25) is 15.9 Å². The molecular formula is C15H21BrN2O3S. The Balaban J connectivity index is 1.95. The summed E-state index contributed by atoms with van der Waals surface area (Å²) in [5, 5.41) is 2.93. The second-order valence-electron chi connectivity index (χ2n) is 5.64. The smallest absolute Gasteiger partial charge is 0.241 e. The molecule has 2 N–H and O–H groups in total. The molecule has 122 valence electrons. The first-order valence-corrected chi connectivity index (χ1v) is 9.74. The van der Waals surface area contributed by atoms with Crippen LogP contribution >= 0.6 is 15.9 Å². The molecule has 1 amide bonds. The molecule has 1 fully saturated rings. The van der Waals surface area contributed by atoms with Gasteiger partial charge in [-0.15, -0.1) is 0 Å². The lowest BCUT2D eigenvalue weighted by Gasteiger charge is -2.24. The van der Waals surface area contributed by atoms with Gasteiger partial charge in [0.1, 0.15) is 0 Å². The molecule has 1 atom stereocenters. The van der Waals surface area contributed by atoms with Crippen LogP contribution in [0.5, 0.6) is 0 Å². The van der Waals surface area contributed by atoms with Crippen molar-refractivity contribution in [3.63, 3.8) is 0 Å². The molecular weight excluding hydrogens is 368 g/mol. The van der Waals surface area contributed by atoms with Crippen LogP contribution in [0.3, 0.4) is 0 Å². The quantitative estimate of drug-likeness (QED) is 0.813. The van der Waals surface area contributed by atoms with Gasteiger partial charge in [-0.3, -0.25) is 4.79 Å². The highest BCUT2D eigenvalue weighted by Crippen LogP contribution is 2.18. The van der Waals surface area contributed by atoms with E-state index in [9.17, 15) is 13.2 Å². The van der Waals surface area contributed by atoms with Crippen LogP contribution in [0.1, 0.15) is 39.0 Å². The van der Waals surface area contributed by atoms with Crippen molar-refractivity contribution in [2.45, 2.75) is 56.0 Å². The highest BCUT2D eigenvalue weighted by molar-refractivity contribution is 9.10. The van der Waals surface area contributed by atoms with Gasteiger partial charge in [-0.25, -0.2) is 8.42 Å². The summed E-state index contributed by atoms with van der Waals surface area (Å²) in [5.74, 6) is -0.271. The summed E-state index contributed by atoms with van der Waals surface area (Å²) in [4.78, 5) is 12.3. The highest BCUT2D eigenvalue weighted by Gasteiger charge is 2.24. The number of carbonyl (C=O) groups excluding carboxylic acids is 1. The average Bonchev–Trinajstić information content (AvgIpc) is 2.48. The van der Waals surface area contributed by atoms with E-state index in [0.29, 0.717) is 0 Å². The number of carbonyl (C=O) groups is 1. The summed E-state index contributed by atoms with van der Waals surface area (Å²) in [7, 11) is -3.69. The predicted octanol–water partition coefficient (Wildman–Crippen LogP) is 2.56. The van der Waals surface area contributed by atoms with Crippen molar-refractivity contribution in [3.05, 3.63) is 28.7 Å². The van der Waals surface area contributed by atoms with E-state index in [2.05, 4.69) is 26.0 Å². The SMILES string of the molecule is C[C@H](NS(=O)(=O)c1ccc(Br)cc1)C(=O)NC1CCCCC1. The molecule has 5 nitrogen and oxygen atoms in total. The van der Waals surface area contributed by atoms with Gasteiger partial charge >= 0.3 is 0 Å². The fourth-order valence-electron chi connectivity index (χ4n) is 2.54. The first kappa shape index (κ1) is 17.4. The Labute approximate surface area is 140 Å². The molecule has 0 saturated heterocycles. The van der Waals surface area contributed by atoms with E-state index in [1.807, 2.05) is 0 Å². The van der Waals surface area contributed by atoms with Gasteiger partial charge in [0.15, 0.2) is 0 Å². The van der Waals surface area contributed by atoms with Crippen LogP contribution in [0.25, 0.3) is 0 Å². The number of hydrogen-bond donors (Lipinski definition) is 2. The van der Waals surface area contributed by atoms with Crippen LogP contribution in [-0.4, -0.2) is 26.4 Å². The maximum absolute atomic E-state index is 12.2. The van der Waals surface area contributed by atoms with Crippen molar-refractivity contribution in [1.82, 2.24) is 10.0 Å². The van der Waals surface area contributed by atoms with E-state index in [1.54, 1.807) is 19.1 Å². The lowest BCUT2D eigenvalue weighted by molar-refractivity contribution is -0.123. The largest absolute Gasteiger partial charge is 0.352 e. The lowest BCUT2D eigenvalue weighted by Crippen LogP contribution is -2.48. The highest BCUT2D eigenvalue weighted by atomic mass is 79.9. The third kappa shape index (κ3) is 4.79. The molecule has 1 saturated carbocycles. The van der Waals surface area contributed by atoms with Crippen LogP contribution in [0.2, 0.25) is 0 Å². The number of sulfonamides is 1. The van der Waals surface area contributed by atoms with Crippen molar-refractivity contribution < 1.29 is 13.2 Å². The average molecular weight is 389 g/mol. The summed E-state index contributed by atoms with van der Waals surface area (Å²) >= 11 is 3.26. The van der Waals surface area contributed by atoms with E-state index in [0.717, 1.165) is 30.2 Å². The number of hydrogen-bond acceptors (Lipinski definition) is 3. The molecule has 0 aliphatic heterocycles. The molecule has 22 heavy (non-hydrogen) atoms. The maximum Gasteiger partial charge on any atom is 0.241 e. The van der Waals surface area contributed by atoms with Crippen LogP contribution in [0.4, 0.5) is 0 Å². The zero-order valence-corrected chi connectivity index (χ0v) is 14.9. The van der Waals surface area contributed by atoms with E-state index in [4.69, 9.17) is 0 Å². The molecule has 0 aromatic heterocycles. The third-order valence-electron chi connectivity index (χ3n) is 3.80. The lowest BCUT2D eigenvalue weighted by atomic mass is 9.95. The van der Waals surface area contributed by atoms with Crippen LogP contribution < -0.4 is 10.0 Å². The standard InChI is InChI=1S/C15H21BrN2O3S/c1-11(15(19)17-13-5-3-2-4-6-13)18-22(20,21)14-9-7-12(16)8-10-14/h7-11,13,18H,2-6H2,1H3,(H,17,19)/t11-/m0/s1. The van der Waals surface area contributed by atoms with Gasteiger partial charge in [0.25, 0.3) is 0 Å². The summed E-state index contributed by atoms with van der Waals surface area (Å²) < 4.78 is 27.7. The Bertz CT molecular complexity index is 610. The van der Waals surface area contributed by atoms with E-state index in [-0.39, 0.29) is 16.8 Å². The fraction of sp³-hybridized carbons (Fsp3) is 0.533. The molecule has 1 aromatic carbocycles. The summed E-state index contributed by atoms with van der Waals surface area (Å²) in [6.45, 7) is 1.56. The summed E-state index contributed by atoms with van der Waals surface area (Å²) in [6, 6.07) is 5.68. The first-order chi connectivity index (χ1) is 10.4. The van der Waals surface area contributed by atoms with Crippen molar-refractivity contribution in [2.75, 3.05) is 0 Å². The molecule has 0 bridgehead atoms. The van der Waals surface area contributed by atoms with Crippen LogP contribution in [0.15, 0.2) is 33.6 Å². The normalized spacial score (nSPS) is 17.9. The van der Waals surface area contributed by atoms with Gasteiger partial charge in [-0.05, 0) is 44.0 Å². The zero-order chi connectivity index (χ0) is 16.2. The van der Waals surface area contributed by atoms with Gasteiger partial charge in [0, 0.05) is 10.5 Å². The van der Waals surface area contributed by atoms with E-state index < -0.39 is 16.1 Å². The molecule has 1 aromatic rings. The molecule has 0 heterocycles. The Morgan fingerprint density at radius 3 is 2.36 bits per heavy atom. The topological polar surface area (TPSA) is 75.3 Å². The van der Waals surface area contributed by atoms with Crippen molar-refractivity contribution in [3.8, 4) is 0 Å². The summed E-state index contributed by atoms with van der Waals surface area (Å²) in [6.07, 6.45) is 5.38. The van der Waals surface area contributed by atoms with Gasteiger partial charge in [-0.1, -0.05) is 35.2 Å². The molecule has 0 spiro atoms. The second-order valence-corrected chi connectivity index (χ2v) is 8.27. The predicted molar refractivity (Wildman–Crippen MR) is 88.9 cm³/mol. The van der Waals surface area contributed by atoms with Crippen LogP contribution in [-0.2, 0) is 14.8 Å². The van der Waals surface area contributed by atoms with Crippen molar-refractivity contribution >= 4 is 31.9 Å². The Hall–Kier alpha value is -0.920. The molecule has 2 rings (SSSR count). The number of benzene rings is 1. The Kier molecular flexibility index (Phi) is 6.00. The molecule has 1 aliphatic carbocycles. The number of amides is 1. The van der Waals surface area contributed by atoms with E-state index >= 15 is 0 Å². The monoisotopic (exact) mass is 388 g/mol. The maximum atomic E-state index is 12.2. The minimum Gasteiger partial charge on any atom is -0.352 e. The minimum absolute atomic E-state index is 0.146. The summed E-state index contributed by atoms with van der Waals surface area (Å²) in [5.41, 5.74) is 0. The van der Waals surface area contributed by atoms with Crippen molar-refractivity contribution in [1.29, 1.82) is 0 Å². The zero-order valence-electron chi connectivity index (χ0n) is 12.5. The number of rotatable bonds is 5. The number of halogens is 1. The second kappa shape index (κ2) is 7.57. The fourth-order valence-corrected chi connectivity index (χ4v) is 4.01. The molecule has 0 unspecified atom stereocenters. The Morgan fingerprint density at radius 2 is 1.77 bits per heavy atom. The van der Waals surface area contributed by atoms with Crippen molar-refractivity contribution in [2.24, 2.45) is 0 Å². The van der Waals surface area contributed by atoms with Crippen LogP contribution in [0, 0.1) is 0 Å². The minimum atomic E-state index is -3.69. The Morgan fingerprint density at radius 1 is 1.18 bits per heavy atom.